The molecule has 2 N–H and O–H groups in total. The second kappa shape index (κ2) is 6.95. The van der Waals surface area contributed by atoms with Crippen molar-refractivity contribution in [1.29, 1.82) is 0 Å². The predicted octanol–water partition coefficient (Wildman–Crippen LogP) is 2.89. The van der Waals surface area contributed by atoms with Gasteiger partial charge < -0.3 is 10.4 Å². The number of aromatic nitrogens is 2. The summed E-state index contributed by atoms with van der Waals surface area (Å²) < 4.78 is 0. The van der Waals surface area contributed by atoms with Gasteiger partial charge >= 0.3 is 0 Å². The topological polar surface area (TPSA) is 58.0 Å². The third-order valence-electron chi connectivity index (χ3n) is 2.58. The molecule has 2 unspecified atom stereocenters. The van der Waals surface area contributed by atoms with Gasteiger partial charge in [-0.2, -0.15) is 0 Å². The summed E-state index contributed by atoms with van der Waals surface area (Å²) in [6.45, 7) is 10.8. The van der Waals surface area contributed by atoms with Crippen LogP contribution in [0.1, 0.15) is 46.4 Å². The fraction of sp³-hybridized carbons (Fsp3) is 0.692. The van der Waals surface area contributed by atoms with Crippen molar-refractivity contribution >= 4 is 17.6 Å². The zero-order chi connectivity index (χ0) is 13.7. The first-order chi connectivity index (χ1) is 8.43. The zero-order valence-electron chi connectivity index (χ0n) is 11.8. The number of aliphatic hydroxyl groups is 1. The molecule has 0 aliphatic rings. The van der Waals surface area contributed by atoms with E-state index in [2.05, 4.69) is 29.1 Å². The molecular formula is C13H23N3OS. The van der Waals surface area contributed by atoms with E-state index in [0.29, 0.717) is 5.92 Å². The molecule has 0 amide bonds. The molecule has 0 aliphatic heterocycles. The van der Waals surface area contributed by atoms with E-state index in [0.717, 1.165) is 23.2 Å². The summed E-state index contributed by atoms with van der Waals surface area (Å²) in [4.78, 5) is 9.02. The number of hydrogen-bond acceptors (Lipinski definition) is 5. The van der Waals surface area contributed by atoms with Crippen LogP contribution in [0, 0.1) is 0 Å². The van der Waals surface area contributed by atoms with E-state index in [-0.39, 0.29) is 11.4 Å². The van der Waals surface area contributed by atoms with E-state index in [1.54, 1.807) is 18.7 Å². The molecule has 0 fully saturated rings. The lowest BCUT2D eigenvalue weighted by atomic mass is 10.2. The molecule has 0 radical (unpaired) electrons. The van der Waals surface area contributed by atoms with Crippen LogP contribution in [-0.2, 0) is 0 Å². The maximum Gasteiger partial charge on any atom is 0.134 e. The first kappa shape index (κ1) is 15.2. The van der Waals surface area contributed by atoms with Crippen LogP contribution in [0.3, 0.4) is 0 Å². The van der Waals surface area contributed by atoms with Crippen LogP contribution in [0.5, 0.6) is 0 Å². The lowest BCUT2D eigenvalue weighted by Gasteiger charge is -2.15. The highest BCUT2D eigenvalue weighted by Crippen LogP contribution is 2.26. The van der Waals surface area contributed by atoms with Gasteiger partial charge in [0.05, 0.1) is 6.10 Å². The summed E-state index contributed by atoms with van der Waals surface area (Å²) in [5, 5.41) is 13.8. The average Bonchev–Trinajstić information content (AvgIpc) is 2.28. The first-order valence-corrected chi connectivity index (χ1v) is 7.29. The molecule has 1 heterocycles. The second-order valence-corrected chi connectivity index (χ2v) is 6.10. The second-order valence-electron chi connectivity index (χ2n) is 4.70. The Labute approximate surface area is 114 Å². The van der Waals surface area contributed by atoms with Crippen molar-refractivity contribution in [3.63, 3.8) is 0 Å². The molecule has 4 nitrogen and oxygen atoms in total. The molecule has 102 valence electrons. The van der Waals surface area contributed by atoms with Gasteiger partial charge in [-0.1, -0.05) is 20.8 Å². The fourth-order valence-electron chi connectivity index (χ4n) is 1.32. The summed E-state index contributed by atoms with van der Waals surface area (Å²) in [5.41, 5.74) is 0. The zero-order valence-corrected chi connectivity index (χ0v) is 12.6. The number of aliphatic hydroxyl groups excluding tert-OH is 1. The Bertz CT molecular complexity index is 382. The Morgan fingerprint density at radius 3 is 2.44 bits per heavy atom. The lowest BCUT2D eigenvalue weighted by Crippen LogP contribution is -2.15. The van der Waals surface area contributed by atoms with Crippen molar-refractivity contribution in [1.82, 2.24) is 9.97 Å². The molecule has 1 aromatic rings. The molecule has 0 bridgehead atoms. The Morgan fingerprint density at radius 2 is 1.94 bits per heavy atom. The van der Waals surface area contributed by atoms with Crippen LogP contribution < -0.4 is 5.32 Å². The minimum Gasteiger partial charge on any atom is -0.392 e. The van der Waals surface area contributed by atoms with Crippen LogP contribution in [0.4, 0.5) is 5.82 Å². The van der Waals surface area contributed by atoms with E-state index in [1.165, 1.54) is 0 Å². The summed E-state index contributed by atoms with van der Waals surface area (Å²) in [5.74, 6) is 2.00. The smallest absolute Gasteiger partial charge is 0.134 e. The summed E-state index contributed by atoms with van der Waals surface area (Å²) in [7, 11) is 0. The standard InChI is InChI=1S/C13H23N3OS/c1-6-14-11-7-12(18-10(5)9(4)17)16-13(15-11)8(2)3/h7-10,17H,6H2,1-5H3,(H,14,15,16). The van der Waals surface area contributed by atoms with Crippen molar-refractivity contribution in [3.05, 3.63) is 11.9 Å². The monoisotopic (exact) mass is 269 g/mol. The molecule has 0 saturated heterocycles. The summed E-state index contributed by atoms with van der Waals surface area (Å²) >= 11 is 1.58. The van der Waals surface area contributed by atoms with Gasteiger partial charge in [0.25, 0.3) is 0 Å². The minimum absolute atomic E-state index is 0.120. The fourth-order valence-corrected chi connectivity index (χ4v) is 2.23. The van der Waals surface area contributed by atoms with Crippen LogP contribution in [0.15, 0.2) is 11.1 Å². The Balaban J connectivity index is 2.95. The van der Waals surface area contributed by atoms with Gasteiger partial charge in [-0.15, -0.1) is 11.8 Å². The number of hydrogen-bond donors (Lipinski definition) is 2. The molecule has 0 spiro atoms. The van der Waals surface area contributed by atoms with Gasteiger partial charge in [-0.05, 0) is 13.8 Å². The SMILES string of the molecule is CCNc1cc(SC(C)C(C)O)nc(C(C)C)n1. The quantitative estimate of drug-likeness (QED) is 0.614. The minimum atomic E-state index is -0.352. The summed E-state index contributed by atoms with van der Waals surface area (Å²) in [6.07, 6.45) is -0.352. The lowest BCUT2D eigenvalue weighted by molar-refractivity contribution is 0.196. The van der Waals surface area contributed by atoms with Gasteiger partial charge in [0.2, 0.25) is 0 Å². The predicted molar refractivity (Wildman–Crippen MR) is 77.3 cm³/mol. The van der Waals surface area contributed by atoms with Gasteiger partial charge in [-0.3, -0.25) is 0 Å². The maximum atomic E-state index is 9.55. The van der Waals surface area contributed by atoms with E-state index in [1.807, 2.05) is 19.9 Å². The van der Waals surface area contributed by atoms with Crippen molar-refractivity contribution in [2.45, 2.75) is 56.9 Å². The number of anilines is 1. The largest absolute Gasteiger partial charge is 0.392 e. The van der Waals surface area contributed by atoms with Gasteiger partial charge in [0, 0.05) is 23.8 Å². The maximum absolute atomic E-state index is 9.55. The normalized spacial score (nSPS) is 14.6. The molecular weight excluding hydrogens is 246 g/mol. The highest BCUT2D eigenvalue weighted by atomic mass is 32.2. The van der Waals surface area contributed by atoms with E-state index >= 15 is 0 Å². The third-order valence-corrected chi connectivity index (χ3v) is 3.80. The molecule has 0 aromatic carbocycles. The van der Waals surface area contributed by atoms with Crippen molar-refractivity contribution in [2.75, 3.05) is 11.9 Å². The van der Waals surface area contributed by atoms with E-state index in [4.69, 9.17) is 0 Å². The van der Waals surface area contributed by atoms with Crippen LogP contribution in [0.25, 0.3) is 0 Å². The number of nitrogens with one attached hydrogen (secondary N) is 1. The summed E-state index contributed by atoms with van der Waals surface area (Å²) in [6, 6.07) is 1.94. The molecule has 18 heavy (non-hydrogen) atoms. The van der Waals surface area contributed by atoms with Gasteiger partial charge in [-0.25, -0.2) is 9.97 Å². The van der Waals surface area contributed by atoms with Gasteiger partial charge in [0.1, 0.15) is 16.7 Å². The molecule has 1 rings (SSSR count). The van der Waals surface area contributed by atoms with Crippen molar-refractivity contribution in [2.24, 2.45) is 0 Å². The molecule has 0 aliphatic carbocycles. The Kier molecular flexibility index (Phi) is 5.88. The van der Waals surface area contributed by atoms with Crippen molar-refractivity contribution < 1.29 is 5.11 Å². The Morgan fingerprint density at radius 1 is 1.28 bits per heavy atom. The number of thioether (sulfide) groups is 1. The van der Waals surface area contributed by atoms with Gasteiger partial charge in [0.15, 0.2) is 0 Å². The van der Waals surface area contributed by atoms with Crippen LogP contribution in [0.2, 0.25) is 0 Å². The average molecular weight is 269 g/mol. The van der Waals surface area contributed by atoms with E-state index < -0.39 is 0 Å². The van der Waals surface area contributed by atoms with Crippen LogP contribution >= 0.6 is 11.8 Å². The van der Waals surface area contributed by atoms with E-state index in [9.17, 15) is 5.11 Å². The Hall–Kier alpha value is -0.810. The molecule has 1 aromatic heterocycles. The number of rotatable bonds is 6. The number of nitrogens with zero attached hydrogens (tertiary/aromatic N) is 2. The van der Waals surface area contributed by atoms with Crippen LogP contribution in [-0.4, -0.2) is 33.0 Å². The van der Waals surface area contributed by atoms with Crippen molar-refractivity contribution in [3.8, 4) is 0 Å². The third kappa shape index (κ3) is 4.46. The first-order valence-electron chi connectivity index (χ1n) is 6.41. The highest BCUT2D eigenvalue weighted by Gasteiger charge is 2.14. The highest BCUT2D eigenvalue weighted by molar-refractivity contribution is 7.99. The molecule has 0 saturated carbocycles. The molecule has 2 atom stereocenters. The molecule has 5 heteroatoms.